The molecule has 0 bridgehead atoms. The third kappa shape index (κ3) is 7.87. The summed E-state index contributed by atoms with van der Waals surface area (Å²) in [5.74, 6) is -5.30. The van der Waals surface area contributed by atoms with Gasteiger partial charge in [0.2, 0.25) is 23.6 Å². The predicted octanol–water partition coefficient (Wildman–Crippen LogP) is -0.576. The number of hydrogen-bond acceptors (Lipinski definition) is 10. The summed E-state index contributed by atoms with van der Waals surface area (Å²) in [6.07, 6.45) is 0. The molecule has 0 saturated carbocycles. The van der Waals surface area contributed by atoms with Gasteiger partial charge < -0.3 is 30.7 Å². The molecule has 1 aliphatic rings. The van der Waals surface area contributed by atoms with E-state index in [4.69, 9.17) is 4.74 Å². The van der Waals surface area contributed by atoms with Crippen LogP contribution in [0.2, 0.25) is 0 Å². The van der Waals surface area contributed by atoms with Gasteiger partial charge in [0, 0.05) is 29.2 Å². The van der Waals surface area contributed by atoms with Gasteiger partial charge in [0.15, 0.2) is 17.6 Å². The third-order valence-electron chi connectivity index (χ3n) is 6.29. The fourth-order valence-corrected chi connectivity index (χ4v) is 4.06. The fourth-order valence-electron chi connectivity index (χ4n) is 4.06. The molecular weight excluding hydrogens is 564 g/mol. The number of carbonyl (C=O) groups excluding carboxylic acids is 8. The van der Waals surface area contributed by atoms with Gasteiger partial charge in [-0.25, -0.2) is 9.59 Å². The van der Waals surface area contributed by atoms with E-state index in [0.29, 0.717) is 0 Å². The normalized spacial score (nSPS) is 12.6. The fraction of sp³-hybridized carbons (Fsp3) is 0.310. The van der Waals surface area contributed by atoms with Crippen molar-refractivity contribution < 1.29 is 47.8 Å². The molecule has 0 aliphatic heterocycles. The van der Waals surface area contributed by atoms with Crippen LogP contribution in [0, 0.1) is 0 Å². The molecule has 0 aromatic heterocycles. The van der Waals surface area contributed by atoms with E-state index in [1.54, 1.807) is 18.2 Å². The molecule has 0 fully saturated rings. The Hall–Kier alpha value is -5.40. The summed E-state index contributed by atoms with van der Waals surface area (Å²) in [6, 6.07) is 8.75. The van der Waals surface area contributed by atoms with Gasteiger partial charge in [-0.15, -0.1) is 0 Å². The molecule has 0 heterocycles. The zero-order valence-corrected chi connectivity index (χ0v) is 23.8. The number of benzene rings is 2. The van der Waals surface area contributed by atoms with Crippen LogP contribution in [-0.2, 0) is 33.4 Å². The summed E-state index contributed by atoms with van der Waals surface area (Å²) in [5.41, 5.74) is -0.876. The Morgan fingerprint density at radius 3 is 2.00 bits per heavy atom. The topological polar surface area (TPSA) is 203 Å². The summed E-state index contributed by atoms with van der Waals surface area (Å²) in [4.78, 5) is 98.6. The van der Waals surface area contributed by atoms with Crippen molar-refractivity contribution in [3.63, 3.8) is 0 Å². The highest BCUT2D eigenvalue weighted by atomic mass is 16.5. The van der Waals surface area contributed by atoms with E-state index in [9.17, 15) is 38.4 Å². The third-order valence-corrected chi connectivity index (χ3v) is 6.29. The minimum Gasteiger partial charge on any atom is -0.467 e. The number of methoxy groups -OCH3 is 1. The number of rotatable bonds is 11. The first-order chi connectivity index (χ1) is 20.2. The van der Waals surface area contributed by atoms with Crippen molar-refractivity contribution in [2.24, 2.45) is 0 Å². The largest absolute Gasteiger partial charge is 0.467 e. The summed E-state index contributed by atoms with van der Waals surface area (Å²) < 4.78 is 9.84. The van der Waals surface area contributed by atoms with E-state index in [-0.39, 0.29) is 40.1 Å². The van der Waals surface area contributed by atoms with E-state index in [0.717, 1.165) is 7.11 Å². The van der Waals surface area contributed by atoms with Gasteiger partial charge >= 0.3 is 11.9 Å². The Balaban J connectivity index is 1.59. The number of esters is 2. The molecule has 4 amide bonds. The van der Waals surface area contributed by atoms with Gasteiger partial charge in [0.05, 0.1) is 25.8 Å². The lowest BCUT2D eigenvalue weighted by Gasteiger charge is -2.25. The first-order valence-electron chi connectivity index (χ1n) is 13.0. The zero-order chi connectivity index (χ0) is 31.9. The van der Waals surface area contributed by atoms with Crippen LogP contribution < -0.4 is 21.3 Å². The Morgan fingerprint density at radius 2 is 1.40 bits per heavy atom. The van der Waals surface area contributed by atoms with Crippen LogP contribution in [-0.4, -0.2) is 85.5 Å². The average molecular weight is 595 g/mol. The molecule has 0 spiro atoms. The Bertz CT molecular complexity index is 1510. The van der Waals surface area contributed by atoms with E-state index in [2.05, 4.69) is 26.0 Å². The number of nitrogens with one attached hydrogen (secondary N) is 4. The quantitative estimate of drug-likeness (QED) is 0.208. The van der Waals surface area contributed by atoms with Gasteiger partial charge in [-0.05, 0) is 32.0 Å². The van der Waals surface area contributed by atoms with Crippen molar-refractivity contribution in [3.05, 3.63) is 70.3 Å². The lowest BCUT2D eigenvalue weighted by Crippen LogP contribution is -2.58. The van der Waals surface area contributed by atoms with Crippen LogP contribution >= 0.6 is 0 Å². The first kappa shape index (κ1) is 32.1. The second-order valence-electron chi connectivity index (χ2n) is 9.97. The number of carbonyl (C=O) groups is 8. The van der Waals surface area contributed by atoms with Gasteiger partial charge in [0.25, 0.3) is 0 Å². The lowest BCUT2D eigenvalue weighted by atomic mass is 9.83. The van der Waals surface area contributed by atoms with Gasteiger partial charge in [-0.3, -0.25) is 28.8 Å². The minimum absolute atomic E-state index is 0.0286. The standard InChI is InChI=1S/C29H30N4O10/c1-15(34)30-13-23(36)33-29(2,3)28(41)31-12-22(35)32-21(27(40)42-4)14-43-26(39)16-9-10-19-20(11-16)25(38)18-8-6-5-7-17(18)24(19)37/h5-11,21H,12-14H2,1-4H3,(H,30,34)(H,31,41)(H,32,35)(H,33,36)/t21-/m0/s1. The molecule has 4 N–H and O–H groups in total. The molecule has 43 heavy (non-hydrogen) atoms. The zero-order valence-electron chi connectivity index (χ0n) is 23.8. The van der Waals surface area contributed by atoms with Crippen molar-refractivity contribution >= 4 is 47.1 Å². The Labute approximate surface area is 245 Å². The summed E-state index contributed by atoms with van der Waals surface area (Å²) in [5, 5.41) is 9.31. The summed E-state index contributed by atoms with van der Waals surface area (Å²) in [6.45, 7) is 2.39. The Kier molecular flexibility index (Phi) is 10.1. The van der Waals surface area contributed by atoms with Crippen LogP contribution in [0.15, 0.2) is 42.5 Å². The molecule has 0 unspecified atom stereocenters. The maximum absolute atomic E-state index is 12.9. The van der Waals surface area contributed by atoms with E-state index < -0.39 is 66.1 Å². The van der Waals surface area contributed by atoms with Gasteiger partial charge in [-0.2, -0.15) is 0 Å². The lowest BCUT2D eigenvalue weighted by molar-refractivity contribution is -0.146. The van der Waals surface area contributed by atoms with E-state index in [1.807, 2.05) is 0 Å². The SMILES string of the molecule is COC(=O)[C@H](COC(=O)c1ccc2c(c1)C(=O)c1ccccc1C2=O)NC(=O)CNC(=O)C(C)(C)NC(=O)CNC(C)=O. The van der Waals surface area contributed by atoms with Crippen molar-refractivity contribution in [1.82, 2.24) is 21.3 Å². The van der Waals surface area contributed by atoms with Crippen LogP contribution in [0.3, 0.4) is 0 Å². The van der Waals surface area contributed by atoms with E-state index in [1.165, 1.54) is 45.0 Å². The van der Waals surface area contributed by atoms with Crippen molar-refractivity contribution in [2.75, 3.05) is 26.8 Å². The molecule has 226 valence electrons. The molecule has 1 aliphatic carbocycles. The molecule has 2 aromatic rings. The maximum atomic E-state index is 12.9. The highest BCUT2D eigenvalue weighted by Gasteiger charge is 2.32. The van der Waals surface area contributed by atoms with Gasteiger partial charge in [-0.1, -0.05) is 24.3 Å². The second-order valence-corrected chi connectivity index (χ2v) is 9.97. The van der Waals surface area contributed by atoms with Gasteiger partial charge in [0.1, 0.15) is 12.1 Å². The molecular formula is C29H30N4O10. The van der Waals surface area contributed by atoms with Crippen LogP contribution in [0.5, 0.6) is 0 Å². The average Bonchev–Trinajstić information content (AvgIpc) is 2.98. The van der Waals surface area contributed by atoms with Crippen LogP contribution in [0.1, 0.15) is 63.0 Å². The first-order valence-corrected chi connectivity index (χ1v) is 13.0. The highest BCUT2D eigenvalue weighted by molar-refractivity contribution is 6.28. The predicted molar refractivity (Wildman–Crippen MR) is 148 cm³/mol. The molecule has 0 saturated heterocycles. The number of amides is 4. The number of ketones is 2. The highest BCUT2D eigenvalue weighted by Crippen LogP contribution is 2.28. The smallest absolute Gasteiger partial charge is 0.338 e. The summed E-state index contributed by atoms with van der Waals surface area (Å²) in [7, 11) is 1.06. The molecule has 2 aromatic carbocycles. The maximum Gasteiger partial charge on any atom is 0.338 e. The molecule has 3 rings (SSSR count). The molecule has 14 heteroatoms. The molecule has 1 atom stereocenters. The van der Waals surface area contributed by atoms with Crippen molar-refractivity contribution in [1.29, 1.82) is 0 Å². The monoisotopic (exact) mass is 594 g/mol. The second kappa shape index (κ2) is 13.5. The minimum atomic E-state index is -1.45. The number of ether oxygens (including phenoxy) is 2. The van der Waals surface area contributed by atoms with Crippen molar-refractivity contribution in [2.45, 2.75) is 32.4 Å². The number of fused-ring (bicyclic) bond motifs is 2. The van der Waals surface area contributed by atoms with Crippen LogP contribution in [0.25, 0.3) is 0 Å². The van der Waals surface area contributed by atoms with Crippen molar-refractivity contribution in [3.8, 4) is 0 Å². The van der Waals surface area contributed by atoms with Crippen LogP contribution in [0.4, 0.5) is 0 Å². The molecule has 0 radical (unpaired) electrons. The summed E-state index contributed by atoms with van der Waals surface area (Å²) >= 11 is 0. The Morgan fingerprint density at radius 1 is 0.814 bits per heavy atom. The molecule has 14 nitrogen and oxygen atoms in total. The number of hydrogen-bond donors (Lipinski definition) is 4. The van der Waals surface area contributed by atoms with E-state index >= 15 is 0 Å².